The Bertz CT molecular complexity index is 1210. The fourth-order valence-corrected chi connectivity index (χ4v) is 4.85. The Hall–Kier alpha value is -3.04. The number of aromatic hydroxyl groups is 1. The first kappa shape index (κ1) is 21.7. The Morgan fingerprint density at radius 1 is 1.07 bits per heavy atom. The number of fused-ring (bicyclic) bond motifs is 1. The zero-order valence-electron chi connectivity index (χ0n) is 17.1. The first-order valence-corrected chi connectivity index (χ1v) is 11.2. The third kappa shape index (κ3) is 3.86. The van der Waals surface area contributed by atoms with E-state index in [0.717, 1.165) is 5.52 Å². The highest BCUT2D eigenvalue weighted by Crippen LogP contribution is 2.38. The van der Waals surface area contributed by atoms with Crippen LogP contribution in [0, 0.1) is 0 Å². The van der Waals surface area contributed by atoms with Gasteiger partial charge < -0.3 is 9.67 Å². The van der Waals surface area contributed by atoms with Crippen LogP contribution < -0.4 is 0 Å². The Morgan fingerprint density at radius 3 is 2.43 bits per heavy atom. The molecule has 9 heteroatoms. The second kappa shape index (κ2) is 8.76. The van der Waals surface area contributed by atoms with E-state index in [-0.39, 0.29) is 22.0 Å². The number of rotatable bonds is 7. The largest absolute Gasteiger partial charge is 0.493 e. The zero-order valence-corrected chi connectivity index (χ0v) is 17.9. The monoisotopic (exact) mass is 428 g/mol. The second-order valence-corrected chi connectivity index (χ2v) is 8.49. The summed E-state index contributed by atoms with van der Waals surface area (Å²) in [6.07, 6.45) is 0. The molecular formula is C21H24N4O4S. The summed E-state index contributed by atoms with van der Waals surface area (Å²) in [6.45, 7) is 6.59. The number of aromatic nitrogens is 1. The first-order chi connectivity index (χ1) is 14.3. The molecule has 0 radical (unpaired) electrons. The standard InChI is InChI=1S/C21H24N4O4S/c1-4-24(5-2)30(28,29)16-11-9-10-15(14-16)20(26)23-22-19-17-12-7-8-13-18(17)25(6-3)21(19)27/h7-14,27H,4-6H2,1-3H3. The minimum atomic E-state index is -3.69. The Labute approximate surface area is 175 Å². The Morgan fingerprint density at radius 2 is 1.77 bits per heavy atom. The number of para-hydroxylation sites is 1. The highest BCUT2D eigenvalue weighted by molar-refractivity contribution is 7.89. The number of amides is 1. The van der Waals surface area contributed by atoms with Gasteiger partial charge in [0.25, 0.3) is 5.91 Å². The quantitative estimate of drug-likeness (QED) is 0.566. The first-order valence-electron chi connectivity index (χ1n) is 9.71. The number of hydrogen-bond donors (Lipinski definition) is 1. The number of carbonyl (C=O) groups excluding carboxylic acids is 1. The van der Waals surface area contributed by atoms with Crippen molar-refractivity contribution in [1.29, 1.82) is 0 Å². The predicted octanol–water partition coefficient (Wildman–Crippen LogP) is 4.32. The molecule has 0 spiro atoms. The third-order valence-corrected chi connectivity index (χ3v) is 6.94. The van der Waals surface area contributed by atoms with E-state index in [2.05, 4.69) is 10.2 Å². The predicted molar refractivity (Wildman–Crippen MR) is 115 cm³/mol. The van der Waals surface area contributed by atoms with Crippen molar-refractivity contribution in [2.45, 2.75) is 32.2 Å². The van der Waals surface area contributed by atoms with Gasteiger partial charge in [-0.3, -0.25) is 4.79 Å². The lowest BCUT2D eigenvalue weighted by atomic mass is 10.2. The summed E-state index contributed by atoms with van der Waals surface area (Å²) in [4.78, 5) is 12.6. The van der Waals surface area contributed by atoms with Crippen LogP contribution in [0.1, 0.15) is 31.1 Å². The van der Waals surface area contributed by atoms with E-state index in [0.29, 0.717) is 25.0 Å². The lowest BCUT2D eigenvalue weighted by Gasteiger charge is -2.18. The van der Waals surface area contributed by atoms with Gasteiger partial charge in [-0.1, -0.05) is 38.1 Å². The van der Waals surface area contributed by atoms with Crippen LogP contribution in [0.4, 0.5) is 5.69 Å². The summed E-state index contributed by atoms with van der Waals surface area (Å²) >= 11 is 0. The summed E-state index contributed by atoms with van der Waals surface area (Å²) in [5.74, 6) is -0.771. The highest BCUT2D eigenvalue weighted by atomic mass is 32.2. The summed E-state index contributed by atoms with van der Waals surface area (Å²) in [5, 5.41) is 18.9. The summed E-state index contributed by atoms with van der Waals surface area (Å²) in [5.41, 5.74) is 1.09. The fraction of sp³-hybridized carbons (Fsp3) is 0.286. The molecule has 0 fully saturated rings. The minimum absolute atomic E-state index is 0.0256. The molecule has 3 aromatic rings. The molecule has 1 aromatic heterocycles. The maximum atomic E-state index is 12.7. The van der Waals surface area contributed by atoms with Gasteiger partial charge in [-0.2, -0.15) is 4.31 Å². The molecule has 3 rings (SSSR count). The molecule has 1 heterocycles. The second-order valence-electron chi connectivity index (χ2n) is 6.56. The highest BCUT2D eigenvalue weighted by Gasteiger charge is 2.22. The third-order valence-electron chi connectivity index (χ3n) is 4.90. The summed E-state index contributed by atoms with van der Waals surface area (Å²) in [6, 6.07) is 13.0. The van der Waals surface area contributed by atoms with Crippen molar-refractivity contribution >= 4 is 32.5 Å². The van der Waals surface area contributed by atoms with Gasteiger partial charge in [0.05, 0.1) is 10.4 Å². The van der Waals surface area contributed by atoms with Crippen LogP contribution >= 0.6 is 0 Å². The molecule has 2 aromatic carbocycles. The number of hydrogen-bond acceptors (Lipinski definition) is 5. The van der Waals surface area contributed by atoms with Crippen molar-refractivity contribution < 1.29 is 18.3 Å². The van der Waals surface area contributed by atoms with Crippen molar-refractivity contribution in [2.24, 2.45) is 10.2 Å². The average molecular weight is 429 g/mol. The lowest BCUT2D eigenvalue weighted by Crippen LogP contribution is -2.30. The van der Waals surface area contributed by atoms with Crippen LogP contribution in [0.15, 0.2) is 63.7 Å². The molecule has 0 saturated heterocycles. The minimum Gasteiger partial charge on any atom is -0.493 e. The van der Waals surface area contributed by atoms with Gasteiger partial charge in [0.15, 0.2) is 5.69 Å². The van der Waals surface area contributed by atoms with Gasteiger partial charge in [0.1, 0.15) is 0 Å². The molecule has 30 heavy (non-hydrogen) atoms. The zero-order chi connectivity index (χ0) is 21.9. The fourth-order valence-electron chi connectivity index (χ4n) is 3.35. The van der Waals surface area contributed by atoms with E-state index < -0.39 is 15.9 Å². The number of sulfonamides is 1. The van der Waals surface area contributed by atoms with Gasteiger partial charge in [-0.15, -0.1) is 10.2 Å². The van der Waals surface area contributed by atoms with Crippen LogP contribution in [0.25, 0.3) is 10.9 Å². The topological polar surface area (TPSA) is 104 Å². The Kier molecular flexibility index (Phi) is 6.33. The van der Waals surface area contributed by atoms with Gasteiger partial charge in [0.2, 0.25) is 15.9 Å². The molecule has 0 unspecified atom stereocenters. The van der Waals surface area contributed by atoms with Crippen LogP contribution in [0.3, 0.4) is 0 Å². The van der Waals surface area contributed by atoms with Crippen molar-refractivity contribution in [3.05, 3.63) is 54.1 Å². The number of aryl methyl sites for hydroxylation is 1. The number of azo groups is 1. The number of benzene rings is 2. The van der Waals surface area contributed by atoms with Crippen LogP contribution in [0.5, 0.6) is 5.88 Å². The SMILES string of the molecule is CCN(CC)S(=O)(=O)c1cccc(C(=O)N=Nc2c(O)n(CC)c3ccccc23)c1. The van der Waals surface area contributed by atoms with E-state index in [1.807, 2.05) is 25.1 Å². The molecule has 1 amide bonds. The molecule has 1 N–H and O–H groups in total. The van der Waals surface area contributed by atoms with Crippen molar-refractivity contribution in [2.75, 3.05) is 13.1 Å². The molecule has 0 saturated carbocycles. The summed E-state index contributed by atoms with van der Waals surface area (Å²) < 4.78 is 28.4. The number of nitrogens with zero attached hydrogens (tertiary/aromatic N) is 4. The van der Waals surface area contributed by atoms with Crippen molar-refractivity contribution in [3.63, 3.8) is 0 Å². The van der Waals surface area contributed by atoms with Crippen molar-refractivity contribution in [1.82, 2.24) is 8.87 Å². The van der Waals surface area contributed by atoms with E-state index in [9.17, 15) is 18.3 Å². The average Bonchev–Trinajstić information content (AvgIpc) is 3.03. The number of carbonyl (C=O) groups is 1. The van der Waals surface area contributed by atoms with Crippen molar-refractivity contribution in [3.8, 4) is 5.88 Å². The molecule has 0 atom stereocenters. The van der Waals surface area contributed by atoms with Crippen LogP contribution in [-0.4, -0.2) is 41.4 Å². The smallest absolute Gasteiger partial charge is 0.295 e. The molecular weight excluding hydrogens is 404 g/mol. The molecule has 0 aliphatic carbocycles. The molecule has 158 valence electrons. The molecule has 0 aliphatic rings. The Balaban J connectivity index is 1.96. The maximum absolute atomic E-state index is 12.7. The molecule has 8 nitrogen and oxygen atoms in total. The van der Waals surface area contributed by atoms with Gasteiger partial charge in [0, 0.05) is 30.6 Å². The van der Waals surface area contributed by atoms with Crippen LogP contribution in [-0.2, 0) is 16.6 Å². The van der Waals surface area contributed by atoms with E-state index in [1.54, 1.807) is 24.5 Å². The van der Waals surface area contributed by atoms with Gasteiger partial charge >= 0.3 is 0 Å². The van der Waals surface area contributed by atoms with Gasteiger partial charge in [-0.25, -0.2) is 8.42 Å². The van der Waals surface area contributed by atoms with E-state index in [1.165, 1.54) is 28.6 Å². The van der Waals surface area contributed by atoms with E-state index >= 15 is 0 Å². The maximum Gasteiger partial charge on any atom is 0.295 e. The molecule has 0 aliphatic heterocycles. The van der Waals surface area contributed by atoms with E-state index in [4.69, 9.17) is 0 Å². The molecule has 0 bridgehead atoms. The van der Waals surface area contributed by atoms with Crippen LogP contribution in [0.2, 0.25) is 0 Å². The normalized spacial score (nSPS) is 12.3. The summed E-state index contributed by atoms with van der Waals surface area (Å²) in [7, 11) is -3.69. The van der Waals surface area contributed by atoms with Gasteiger partial charge in [-0.05, 0) is 31.2 Å². The lowest BCUT2D eigenvalue weighted by molar-refractivity contribution is 0.0995.